The highest BCUT2D eigenvalue weighted by atomic mass is 15.2. The van der Waals surface area contributed by atoms with Crippen LogP contribution in [0.2, 0.25) is 0 Å². The Balaban J connectivity index is 1.98. The molecule has 5 rings (SSSR count). The van der Waals surface area contributed by atoms with E-state index in [1.165, 1.54) is 12.8 Å². The predicted octanol–water partition coefficient (Wildman–Crippen LogP) is 4.89. The molecule has 5 aliphatic rings. The molecule has 4 unspecified atom stereocenters. The molecule has 100 valence electrons. The predicted molar refractivity (Wildman–Crippen MR) is 74.1 cm³/mol. The van der Waals surface area contributed by atoms with Gasteiger partial charge >= 0.3 is 0 Å². The van der Waals surface area contributed by atoms with Gasteiger partial charge in [-0.3, -0.25) is 0 Å². The average Bonchev–Trinajstić information content (AvgIpc) is 2.40. The van der Waals surface area contributed by atoms with Gasteiger partial charge in [0.15, 0.2) is 0 Å². The molecule has 18 heavy (non-hydrogen) atoms. The standard InChI is InChI=1S/C18H28/c1-11-9-13(3)14(4)10-12(11,2)16(6)15(11,5)17(13,7)18(14,16)8/h9-10H2,1-8H3/t11-,12-,13+,14+,15?,16?,17?,18?. The molecule has 0 amide bonds. The third-order valence-corrected chi connectivity index (χ3v) is 12.3. The maximum atomic E-state index is 2.66. The maximum absolute atomic E-state index is 2.66. The Kier molecular flexibility index (Phi) is 1.04. The van der Waals surface area contributed by atoms with Gasteiger partial charge in [-0.25, -0.2) is 0 Å². The topological polar surface area (TPSA) is 0 Å². The molecule has 0 heterocycles. The Morgan fingerprint density at radius 2 is 0.556 bits per heavy atom. The minimum atomic E-state index is 0.598. The van der Waals surface area contributed by atoms with Crippen molar-refractivity contribution in [1.29, 1.82) is 0 Å². The molecule has 0 bridgehead atoms. The molecule has 0 aromatic carbocycles. The summed E-state index contributed by atoms with van der Waals surface area (Å²) < 4.78 is 0. The number of hydrogen-bond donors (Lipinski definition) is 0. The summed E-state index contributed by atoms with van der Waals surface area (Å²) in [5.74, 6) is 0. The zero-order valence-electron chi connectivity index (χ0n) is 13.4. The molecular weight excluding hydrogens is 216 g/mol. The first-order valence-electron chi connectivity index (χ1n) is 7.91. The van der Waals surface area contributed by atoms with Gasteiger partial charge in [-0.15, -0.1) is 0 Å². The van der Waals surface area contributed by atoms with Crippen molar-refractivity contribution in [3.63, 3.8) is 0 Å². The minimum Gasteiger partial charge on any atom is -0.0585 e. The zero-order valence-corrected chi connectivity index (χ0v) is 13.4. The molecule has 0 aromatic rings. The van der Waals surface area contributed by atoms with E-state index in [1.54, 1.807) is 0 Å². The van der Waals surface area contributed by atoms with Gasteiger partial charge in [-0.1, -0.05) is 55.4 Å². The van der Waals surface area contributed by atoms with Gasteiger partial charge in [0.2, 0.25) is 0 Å². The Morgan fingerprint density at radius 3 is 0.722 bits per heavy atom. The van der Waals surface area contributed by atoms with Crippen molar-refractivity contribution >= 4 is 0 Å². The van der Waals surface area contributed by atoms with Crippen LogP contribution in [0.25, 0.3) is 0 Å². The van der Waals surface area contributed by atoms with Crippen molar-refractivity contribution in [3.8, 4) is 0 Å². The highest BCUT2D eigenvalue weighted by molar-refractivity contribution is 5.61. The van der Waals surface area contributed by atoms with Gasteiger partial charge in [0.05, 0.1) is 0 Å². The number of hydrogen-bond acceptors (Lipinski definition) is 0. The molecular formula is C18H28. The molecule has 0 saturated heterocycles. The van der Waals surface area contributed by atoms with Crippen molar-refractivity contribution in [2.45, 2.75) is 68.2 Å². The second-order valence-electron chi connectivity index (χ2n) is 10.2. The SMILES string of the molecule is CC12C3(C)C4(C)C1(C)[C@@]1(C)C[C@]2(C)[C@@]3(C)C[C@]41C. The maximum Gasteiger partial charge on any atom is -0.0137 e. The quantitative estimate of drug-likeness (QED) is 0.569. The molecule has 5 aliphatic carbocycles. The molecule has 0 spiro atoms. The van der Waals surface area contributed by atoms with E-state index < -0.39 is 0 Å². The van der Waals surface area contributed by atoms with Crippen LogP contribution in [0.5, 0.6) is 0 Å². The van der Waals surface area contributed by atoms with Crippen molar-refractivity contribution in [2.24, 2.45) is 43.3 Å². The smallest absolute Gasteiger partial charge is 0.0137 e. The number of fused-ring (bicyclic) bond motifs is 2. The second kappa shape index (κ2) is 1.74. The molecule has 5 fully saturated rings. The Morgan fingerprint density at radius 1 is 0.389 bits per heavy atom. The zero-order chi connectivity index (χ0) is 13.4. The van der Waals surface area contributed by atoms with Crippen LogP contribution in [0.4, 0.5) is 0 Å². The first-order valence-corrected chi connectivity index (χ1v) is 7.91. The van der Waals surface area contributed by atoms with Gasteiger partial charge in [0.25, 0.3) is 0 Å². The van der Waals surface area contributed by atoms with Crippen molar-refractivity contribution in [1.82, 2.24) is 0 Å². The summed E-state index contributed by atoms with van der Waals surface area (Å²) in [6, 6.07) is 0. The van der Waals surface area contributed by atoms with Crippen LogP contribution >= 0.6 is 0 Å². The summed E-state index contributed by atoms with van der Waals surface area (Å²) in [6.45, 7) is 21.2. The van der Waals surface area contributed by atoms with Gasteiger partial charge in [0.1, 0.15) is 0 Å². The van der Waals surface area contributed by atoms with E-state index in [-0.39, 0.29) is 0 Å². The summed E-state index contributed by atoms with van der Waals surface area (Å²) in [5.41, 5.74) is 4.81. The molecule has 0 aliphatic heterocycles. The van der Waals surface area contributed by atoms with E-state index in [9.17, 15) is 0 Å². The fourth-order valence-electron chi connectivity index (χ4n) is 11.3. The lowest BCUT2D eigenvalue weighted by Gasteiger charge is -2.97. The van der Waals surface area contributed by atoms with Gasteiger partial charge < -0.3 is 0 Å². The molecule has 8 atom stereocenters. The summed E-state index contributed by atoms with van der Waals surface area (Å²) in [4.78, 5) is 0. The van der Waals surface area contributed by atoms with Crippen LogP contribution in [-0.2, 0) is 0 Å². The molecule has 0 radical (unpaired) electrons. The third-order valence-electron chi connectivity index (χ3n) is 12.3. The van der Waals surface area contributed by atoms with Crippen molar-refractivity contribution in [2.75, 3.05) is 0 Å². The Labute approximate surface area is 112 Å². The summed E-state index contributed by atoms with van der Waals surface area (Å²) in [5, 5.41) is 0. The fraction of sp³-hybridized carbons (Fsp3) is 1.00. The van der Waals surface area contributed by atoms with E-state index >= 15 is 0 Å². The lowest BCUT2D eigenvalue weighted by atomic mass is 9.06. The Hall–Kier alpha value is 0. The van der Waals surface area contributed by atoms with Gasteiger partial charge in [-0.05, 0) is 56.2 Å². The van der Waals surface area contributed by atoms with Crippen LogP contribution in [-0.4, -0.2) is 0 Å². The minimum absolute atomic E-state index is 0.598. The molecule has 5 saturated carbocycles. The fourth-order valence-corrected chi connectivity index (χ4v) is 11.3. The highest BCUT2D eigenvalue weighted by Gasteiger charge is 3.14. The Bertz CT molecular complexity index is 450. The third kappa shape index (κ3) is 0.346. The monoisotopic (exact) mass is 244 g/mol. The van der Waals surface area contributed by atoms with Gasteiger partial charge in [-0.2, -0.15) is 0 Å². The average molecular weight is 244 g/mol. The van der Waals surface area contributed by atoms with Crippen LogP contribution in [0, 0.1) is 43.3 Å². The van der Waals surface area contributed by atoms with Crippen molar-refractivity contribution < 1.29 is 0 Å². The van der Waals surface area contributed by atoms with Crippen LogP contribution in [0.15, 0.2) is 0 Å². The molecule has 0 aromatic heterocycles. The van der Waals surface area contributed by atoms with Crippen LogP contribution in [0.1, 0.15) is 68.2 Å². The van der Waals surface area contributed by atoms with Gasteiger partial charge in [0, 0.05) is 0 Å². The van der Waals surface area contributed by atoms with Crippen LogP contribution in [0.3, 0.4) is 0 Å². The van der Waals surface area contributed by atoms with Crippen LogP contribution < -0.4 is 0 Å². The normalized spacial score (nSPS) is 89.3. The van der Waals surface area contributed by atoms with E-state index in [0.29, 0.717) is 43.3 Å². The van der Waals surface area contributed by atoms with Crippen molar-refractivity contribution in [3.05, 3.63) is 0 Å². The summed E-state index contributed by atoms with van der Waals surface area (Å²) in [7, 11) is 0. The summed E-state index contributed by atoms with van der Waals surface area (Å²) in [6.07, 6.45) is 2.98. The van der Waals surface area contributed by atoms with E-state index in [4.69, 9.17) is 0 Å². The molecule has 0 nitrogen and oxygen atoms in total. The first-order chi connectivity index (χ1) is 7.91. The summed E-state index contributed by atoms with van der Waals surface area (Å²) >= 11 is 0. The lowest BCUT2D eigenvalue weighted by molar-refractivity contribution is -0.514. The molecule has 0 N–H and O–H groups in total. The van der Waals surface area contributed by atoms with E-state index in [2.05, 4.69) is 55.4 Å². The first kappa shape index (κ1) is 10.7. The van der Waals surface area contributed by atoms with E-state index in [1.807, 2.05) is 0 Å². The molecule has 0 heteroatoms. The largest absolute Gasteiger partial charge is 0.0585 e. The lowest BCUT2D eigenvalue weighted by Crippen LogP contribution is -2.94. The second-order valence-corrected chi connectivity index (χ2v) is 10.2. The number of rotatable bonds is 0. The van der Waals surface area contributed by atoms with E-state index in [0.717, 1.165) is 0 Å². The highest BCUT2D eigenvalue weighted by Crippen LogP contribution is 3.18.